The Labute approximate surface area is 112 Å². The summed E-state index contributed by atoms with van der Waals surface area (Å²) in [6, 6.07) is 7.84. The van der Waals surface area contributed by atoms with Crippen LogP contribution in [0.1, 0.15) is 28.8 Å². The predicted octanol–water partition coefficient (Wildman–Crippen LogP) is 2.15. The number of aliphatic hydroxyl groups excluding tert-OH is 1. The van der Waals surface area contributed by atoms with Crippen molar-refractivity contribution in [2.45, 2.75) is 24.7 Å². The van der Waals surface area contributed by atoms with E-state index in [1.807, 2.05) is 29.2 Å². The normalized spacial score (nSPS) is 16.9. The first-order valence-electron chi connectivity index (χ1n) is 6.26. The van der Waals surface area contributed by atoms with Crippen LogP contribution in [0.4, 0.5) is 0 Å². The van der Waals surface area contributed by atoms with Crippen molar-refractivity contribution in [3.8, 4) is 0 Å². The number of benzene rings is 1. The van der Waals surface area contributed by atoms with Crippen LogP contribution in [0.25, 0.3) is 0 Å². The molecular formula is C14H19NO2S. The van der Waals surface area contributed by atoms with Crippen molar-refractivity contribution in [1.82, 2.24) is 4.90 Å². The van der Waals surface area contributed by atoms with Gasteiger partial charge in [-0.1, -0.05) is 12.1 Å². The fourth-order valence-corrected chi connectivity index (χ4v) is 2.73. The maximum atomic E-state index is 12.3. The number of hydrogen-bond acceptors (Lipinski definition) is 3. The second kappa shape index (κ2) is 6.25. The van der Waals surface area contributed by atoms with Gasteiger partial charge in [-0.15, -0.1) is 0 Å². The topological polar surface area (TPSA) is 40.5 Å². The van der Waals surface area contributed by atoms with Crippen LogP contribution >= 0.6 is 11.8 Å². The number of amides is 1. The zero-order valence-corrected chi connectivity index (χ0v) is 11.4. The third kappa shape index (κ3) is 3.27. The molecule has 1 aromatic carbocycles. The molecule has 1 N–H and O–H groups in total. The van der Waals surface area contributed by atoms with Crippen LogP contribution in [-0.4, -0.2) is 41.4 Å². The van der Waals surface area contributed by atoms with Gasteiger partial charge in [0.15, 0.2) is 0 Å². The number of thioether (sulfide) groups is 1. The van der Waals surface area contributed by atoms with Crippen molar-refractivity contribution in [1.29, 1.82) is 0 Å². The van der Waals surface area contributed by atoms with Crippen LogP contribution in [-0.2, 0) is 5.75 Å². The minimum Gasteiger partial charge on any atom is -0.393 e. The Morgan fingerprint density at radius 3 is 2.83 bits per heavy atom. The third-order valence-electron chi connectivity index (χ3n) is 3.24. The summed E-state index contributed by atoms with van der Waals surface area (Å²) in [7, 11) is 0. The Bertz CT molecular complexity index is 414. The van der Waals surface area contributed by atoms with E-state index in [4.69, 9.17) is 0 Å². The molecule has 1 amide bonds. The van der Waals surface area contributed by atoms with Crippen molar-refractivity contribution in [3.63, 3.8) is 0 Å². The number of nitrogens with zero attached hydrogens (tertiary/aromatic N) is 1. The summed E-state index contributed by atoms with van der Waals surface area (Å²) >= 11 is 1.75. The first-order valence-corrected chi connectivity index (χ1v) is 7.65. The average molecular weight is 265 g/mol. The smallest absolute Gasteiger partial charge is 0.253 e. The Morgan fingerprint density at radius 1 is 1.44 bits per heavy atom. The first kappa shape index (κ1) is 13.4. The molecule has 1 heterocycles. The van der Waals surface area contributed by atoms with Gasteiger partial charge < -0.3 is 10.0 Å². The van der Waals surface area contributed by atoms with Gasteiger partial charge in [-0.25, -0.2) is 0 Å². The molecule has 0 unspecified atom stereocenters. The molecule has 0 aromatic heterocycles. The molecule has 1 saturated heterocycles. The molecule has 4 heteroatoms. The van der Waals surface area contributed by atoms with Crippen molar-refractivity contribution in [2.75, 3.05) is 19.3 Å². The second-order valence-electron chi connectivity index (χ2n) is 4.66. The summed E-state index contributed by atoms with van der Waals surface area (Å²) in [5, 5.41) is 9.45. The lowest BCUT2D eigenvalue weighted by Gasteiger charge is -2.29. The van der Waals surface area contributed by atoms with Gasteiger partial charge in [0.2, 0.25) is 0 Å². The van der Waals surface area contributed by atoms with Crippen LogP contribution in [0.5, 0.6) is 0 Å². The summed E-state index contributed by atoms with van der Waals surface area (Å²) in [5.74, 6) is 1.02. The molecule has 98 valence electrons. The molecule has 1 aliphatic rings. The summed E-state index contributed by atoms with van der Waals surface area (Å²) in [6.45, 7) is 1.32. The zero-order chi connectivity index (χ0) is 13.0. The van der Waals surface area contributed by atoms with E-state index in [0.29, 0.717) is 25.9 Å². The minimum absolute atomic E-state index is 0.0878. The summed E-state index contributed by atoms with van der Waals surface area (Å²) in [5.41, 5.74) is 1.95. The van der Waals surface area contributed by atoms with E-state index < -0.39 is 0 Å². The molecule has 18 heavy (non-hydrogen) atoms. The SMILES string of the molecule is CSCc1cccc(C(=O)N2CCC(O)CC2)c1. The minimum atomic E-state index is -0.239. The van der Waals surface area contributed by atoms with E-state index in [1.54, 1.807) is 11.8 Å². The molecular weight excluding hydrogens is 246 g/mol. The number of carbonyl (C=O) groups is 1. The molecule has 0 spiro atoms. The lowest BCUT2D eigenvalue weighted by Crippen LogP contribution is -2.40. The molecule has 1 fully saturated rings. The van der Waals surface area contributed by atoms with Crippen LogP contribution in [0.15, 0.2) is 24.3 Å². The lowest BCUT2D eigenvalue weighted by atomic mass is 10.1. The highest BCUT2D eigenvalue weighted by atomic mass is 32.2. The van der Waals surface area contributed by atoms with Crippen molar-refractivity contribution >= 4 is 17.7 Å². The van der Waals surface area contributed by atoms with Gasteiger partial charge in [0.25, 0.3) is 5.91 Å². The largest absolute Gasteiger partial charge is 0.393 e. The van der Waals surface area contributed by atoms with Crippen LogP contribution in [0.2, 0.25) is 0 Å². The lowest BCUT2D eigenvalue weighted by molar-refractivity contribution is 0.0546. The number of carbonyl (C=O) groups excluding carboxylic acids is 1. The van der Waals surface area contributed by atoms with Gasteiger partial charge in [0.1, 0.15) is 0 Å². The van der Waals surface area contributed by atoms with Crippen LogP contribution in [0, 0.1) is 0 Å². The standard InChI is InChI=1S/C14H19NO2S/c1-18-10-11-3-2-4-12(9-11)14(17)15-7-5-13(16)6-8-15/h2-4,9,13,16H,5-8,10H2,1H3. The Balaban J connectivity index is 2.06. The van der Waals surface area contributed by atoms with E-state index in [9.17, 15) is 9.90 Å². The monoisotopic (exact) mass is 265 g/mol. The number of piperidine rings is 1. The van der Waals surface area contributed by atoms with Gasteiger partial charge in [-0.05, 0) is 36.8 Å². The maximum absolute atomic E-state index is 12.3. The molecule has 2 rings (SSSR count). The van der Waals surface area contributed by atoms with Gasteiger partial charge in [0.05, 0.1) is 6.10 Å². The highest BCUT2D eigenvalue weighted by molar-refractivity contribution is 7.97. The summed E-state index contributed by atoms with van der Waals surface area (Å²) in [4.78, 5) is 14.1. The number of rotatable bonds is 3. The Morgan fingerprint density at radius 2 is 2.17 bits per heavy atom. The summed E-state index contributed by atoms with van der Waals surface area (Å²) in [6.07, 6.45) is 3.20. The third-order valence-corrected chi connectivity index (χ3v) is 3.86. The molecule has 0 radical (unpaired) electrons. The zero-order valence-electron chi connectivity index (χ0n) is 10.6. The Kier molecular flexibility index (Phi) is 4.66. The number of hydrogen-bond donors (Lipinski definition) is 1. The van der Waals surface area contributed by atoms with Crippen LogP contribution < -0.4 is 0 Å². The summed E-state index contributed by atoms with van der Waals surface area (Å²) < 4.78 is 0. The van der Waals surface area contributed by atoms with Gasteiger partial charge >= 0.3 is 0 Å². The van der Waals surface area contributed by atoms with E-state index in [1.165, 1.54) is 5.56 Å². The molecule has 3 nitrogen and oxygen atoms in total. The molecule has 0 saturated carbocycles. The average Bonchev–Trinajstić information content (AvgIpc) is 2.39. The van der Waals surface area contributed by atoms with Gasteiger partial charge in [0, 0.05) is 24.4 Å². The van der Waals surface area contributed by atoms with E-state index in [2.05, 4.69) is 6.26 Å². The van der Waals surface area contributed by atoms with Crippen molar-refractivity contribution in [2.24, 2.45) is 0 Å². The fourth-order valence-electron chi connectivity index (χ4n) is 2.21. The van der Waals surface area contributed by atoms with Gasteiger partial charge in [-0.3, -0.25) is 4.79 Å². The van der Waals surface area contributed by atoms with E-state index in [0.717, 1.165) is 11.3 Å². The highest BCUT2D eigenvalue weighted by Gasteiger charge is 2.22. The van der Waals surface area contributed by atoms with Crippen molar-refractivity contribution < 1.29 is 9.90 Å². The molecule has 0 atom stereocenters. The highest BCUT2D eigenvalue weighted by Crippen LogP contribution is 2.16. The van der Waals surface area contributed by atoms with E-state index in [-0.39, 0.29) is 12.0 Å². The quantitative estimate of drug-likeness (QED) is 0.910. The molecule has 1 aromatic rings. The van der Waals surface area contributed by atoms with Gasteiger partial charge in [-0.2, -0.15) is 11.8 Å². The van der Waals surface area contributed by atoms with E-state index >= 15 is 0 Å². The second-order valence-corrected chi connectivity index (χ2v) is 5.52. The molecule has 1 aliphatic heterocycles. The molecule has 0 aliphatic carbocycles. The Hall–Kier alpha value is -1.00. The first-order chi connectivity index (χ1) is 8.70. The number of aliphatic hydroxyl groups is 1. The number of likely N-dealkylation sites (tertiary alicyclic amines) is 1. The maximum Gasteiger partial charge on any atom is 0.253 e. The van der Waals surface area contributed by atoms with Crippen LogP contribution in [0.3, 0.4) is 0 Å². The van der Waals surface area contributed by atoms with Crippen molar-refractivity contribution in [3.05, 3.63) is 35.4 Å². The fraction of sp³-hybridized carbons (Fsp3) is 0.500. The molecule has 0 bridgehead atoms. The predicted molar refractivity (Wildman–Crippen MR) is 74.8 cm³/mol.